The number of aryl methyl sites for hydroxylation is 1. The molecule has 0 radical (unpaired) electrons. The molecule has 1 aliphatic rings. The van der Waals surface area contributed by atoms with Crippen molar-refractivity contribution in [2.45, 2.75) is 44.9 Å². The lowest BCUT2D eigenvalue weighted by molar-refractivity contribution is -0.131. The fraction of sp³-hybridized carbons (Fsp3) is 0.290. The third kappa shape index (κ3) is 6.44. The number of benzene rings is 2. The van der Waals surface area contributed by atoms with Gasteiger partial charge in [-0.05, 0) is 55.7 Å². The molecular formula is C31H33N5O4. The maximum absolute atomic E-state index is 13.6. The summed E-state index contributed by atoms with van der Waals surface area (Å²) >= 11 is 0. The first kappa shape index (κ1) is 27.2. The van der Waals surface area contributed by atoms with Gasteiger partial charge in [0.25, 0.3) is 5.91 Å². The molecule has 9 nitrogen and oxygen atoms in total. The number of hydroxylamine groups is 1. The van der Waals surface area contributed by atoms with Gasteiger partial charge in [0, 0.05) is 48.7 Å². The number of nitrogens with zero attached hydrogens (tertiary/aromatic N) is 3. The zero-order chi connectivity index (χ0) is 28.0. The van der Waals surface area contributed by atoms with E-state index >= 15 is 0 Å². The number of fused-ring (bicyclic) bond motifs is 1. The van der Waals surface area contributed by atoms with Crippen LogP contribution < -0.4 is 15.5 Å². The molecule has 206 valence electrons. The molecule has 0 atom stereocenters. The Kier molecular flexibility index (Phi) is 8.33. The Morgan fingerprint density at radius 2 is 1.82 bits per heavy atom. The molecule has 2 aromatic heterocycles. The maximum Gasteiger partial charge on any atom is 0.255 e. The summed E-state index contributed by atoms with van der Waals surface area (Å²) in [6.07, 6.45) is 4.67. The van der Waals surface area contributed by atoms with Crippen LogP contribution in [-0.4, -0.2) is 50.5 Å². The molecule has 3 N–H and O–H groups in total. The largest absolute Gasteiger partial charge is 0.488 e. The van der Waals surface area contributed by atoms with Crippen LogP contribution in [0.25, 0.3) is 10.9 Å². The number of ether oxygens (including phenoxy) is 1. The quantitative estimate of drug-likeness (QED) is 0.216. The molecule has 1 aliphatic heterocycles. The van der Waals surface area contributed by atoms with Crippen LogP contribution in [0.4, 0.5) is 0 Å². The van der Waals surface area contributed by atoms with Gasteiger partial charge in [-0.1, -0.05) is 36.4 Å². The number of nitrogens with one attached hydrogen (secondary N) is 2. The van der Waals surface area contributed by atoms with Crippen LogP contribution in [0.15, 0.2) is 79.1 Å². The van der Waals surface area contributed by atoms with E-state index in [9.17, 15) is 14.8 Å². The van der Waals surface area contributed by atoms with E-state index in [1.54, 1.807) is 29.9 Å². The molecule has 0 saturated carbocycles. The van der Waals surface area contributed by atoms with Gasteiger partial charge in [0.2, 0.25) is 5.91 Å². The van der Waals surface area contributed by atoms with Crippen LogP contribution >= 0.6 is 0 Å². The predicted molar refractivity (Wildman–Crippen MR) is 151 cm³/mol. The SMILES string of the molecule is Cc1cc(COc2ccccc2C(=O)NC2(CC(=O)NO)CCN(Cc3cccnc3)CC2)c2ccccc2n1. The van der Waals surface area contributed by atoms with Crippen molar-refractivity contribution >= 4 is 22.7 Å². The van der Waals surface area contributed by atoms with Gasteiger partial charge in [-0.15, -0.1) is 0 Å². The zero-order valence-electron chi connectivity index (χ0n) is 22.5. The molecule has 0 unspecified atom stereocenters. The lowest BCUT2D eigenvalue weighted by atomic mass is 9.83. The maximum atomic E-state index is 13.6. The van der Waals surface area contributed by atoms with Gasteiger partial charge in [-0.25, -0.2) is 5.48 Å². The van der Waals surface area contributed by atoms with E-state index in [4.69, 9.17) is 4.74 Å². The van der Waals surface area contributed by atoms with Crippen LogP contribution in [0.3, 0.4) is 0 Å². The minimum absolute atomic E-state index is 0.0265. The summed E-state index contributed by atoms with van der Waals surface area (Å²) in [5.74, 6) is -0.405. The lowest BCUT2D eigenvalue weighted by Crippen LogP contribution is -2.57. The number of aromatic nitrogens is 2. The standard InChI is InChI=1S/C31H33N5O4/c1-22-17-24(25-8-2-4-10-27(25)33-22)21-40-28-11-5-3-9-26(28)30(38)34-31(18-29(37)35-39)12-15-36(16-13-31)20-23-7-6-14-32-19-23/h2-11,14,17,19,39H,12-13,15-16,18,20-21H2,1H3,(H,34,38)(H,35,37). The fourth-order valence-electron chi connectivity index (χ4n) is 5.34. The smallest absolute Gasteiger partial charge is 0.255 e. The highest BCUT2D eigenvalue weighted by molar-refractivity contribution is 5.97. The Morgan fingerprint density at radius 1 is 1.05 bits per heavy atom. The van der Waals surface area contributed by atoms with Gasteiger partial charge in [0.05, 0.1) is 23.0 Å². The summed E-state index contributed by atoms with van der Waals surface area (Å²) in [5.41, 5.74) is 5.19. The van der Waals surface area contributed by atoms with Crippen LogP contribution in [0.1, 0.15) is 46.4 Å². The lowest BCUT2D eigenvalue weighted by Gasteiger charge is -2.42. The first-order chi connectivity index (χ1) is 19.4. The van der Waals surface area contributed by atoms with E-state index < -0.39 is 11.4 Å². The summed E-state index contributed by atoms with van der Waals surface area (Å²) in [7, 11) is 0. The Morgan fingerprint density at radius 3 is 2.60 bits per heavy atom. The second kappa shape index (κ2) is 12.2. The van der Waals surface area contributed by atoms with Crippen LogP contribution in [0.2, 0.25) is 0 Å². The molecule has 9 heteroatoms. The van der Waals surface area contributed by atoms with Crippen LogP contribution in [0, 0.1) is 6.92 Å². The van der Waals surface area contributed by atoms with E-state index in [0.29, 0.717) is 37.2 Å². The van der Waals surface area contributed by atoms with E-state index in [-0.39, 0.29) is 18.9 Å². The molecule has 5 rings (SSSR count). The topological polar surface area (TPSA) is 117 Å². The molecule has 0 aliphatic carbocycles. The highest BCUT2D eigenvalue weighted by atomic mass is 16.5. The van der Waals surface area contributed by atoms with Crippen molar-refractivity contribution in [3.8, 4) is 5.75 Å². The van der Waals surface area contributed by atoms with Gasteiger partial charge in [0.1, 0.15) is 12.4 Å². The highest BCUT2D eigenvalue weighted by Crippen LogP contribution is 2.29. The Bertz CT molecular complexity index is 1490. The number of rotatable bonds is 9. The molecule has 2 amide bonds. The Balaban J connectivity index is 1.31. The fourth-order valence-corrected chi connectivity index (χ4v) is 5.34. The Labute approximate surface area is 233 Å². The first-order valence-corrected chi connectivity index (χ1v) is 13.4. The number of para-hydroxylation sites is 2. The monoisotopic (exact) mass is 539 g/mol. The van der Waals surface area contributed by atoms with Crippen molar-refractivity contribution in [1.82, 2.24) is 25.7 Å². The number of carbonyl (C=O) groups excluding carboxylic acids is 2. The average molecular weight is 540 g/mol. The van der Waals surface area contributed by atoms with Gasteiger partial charge in [0.15, 0.2) is 0 Å². The second-order valence-corrected chi connectivity index (χ2v) is 10.3. The molecule has 0 bridgehead atoms. The zero-order valence-corrected chi connectivity index (χ0v) is 22.5. The van der Waals surface area contributed by atoms with E-state index in [1.807, 2.05) is 61.7 Å². The van der Waals surface area contributed by atoms with Crippen LogP contribution in [0.5, 0.6) is 5.75 Å². The minimum atomic E-state index is -0.805. The molecule has 1 saturated heterocycles. The number of amides is 2. The number of hydrogen-bond donors (Lipinski definition) is 3. The molecule has 1 fully saturated rings. The van der Waals surface area contributed by atoms with Crippen molar-refractivity contribution in [1.29, 1.82) is 0 Å². The molecule has 0 spiro atoms. The number of carbonyl (C=O) groups is 2. The van der Waals surface area contributed by atoms with Gasteiger partial charge in [-0.2, -0.15) is 0 Å². The summed E-state index contributed by atoms with van der Waals surface area (Å²) in [5, 5.41) is 13.4. The number of pyridine rings is 2. The van der Waals surface area contributed by atoms with Crippen molar-refractivity contribution in [2.24, 2.45) is 0 Å². The second-order valence-electron chi connectivity index (χ2n) is 10.3. The summed E-state index contributed by atoms with van der Waals surface area (Å²) < 4.78 is 6.19. The molecule has 40 heavy (non-hydrogen) atoms. The van der Waals surface area contributed by atoms with Gasteiger partial charge >= 0.3 is 0 Å². The van der Waals surface area contributed by atoms with E-state index in [2.05, 4.69) is 20.2 Å². The van der Waals surface area contributed by atoms with Crippen molar-refractivity contribution < 1.29 is 19.5 Å². The average Bonchev–Trinajstić information content (AvgIpc) is 2.97. The van der Waals surface area contributed by atoms with Crippen molar-refractivity contribution in [2.75, 3.05) is 13.1 Å². The third-order valence-electron chi connectivity index (χ3n) is 7.39. The van der Waals surface area contributed by atoms with Gasteiger partial charge in [-0.3, -0.25) is 29.7 Å². The number of piperidine rings is 1. The third-order valence-corrected chi connectivity index (χ3v) is 7.39. The summed E-state index contributed by atoms with van der Waals surface area (Å²) in [4.78, 5) is 37.0. The van der Waals surface area contributed by atoms with Crippen molar-refractivity contribution in [3.05, 3.63) is 102 Å². The summed E-state index contributed by atoms with van der Waals surface area (Å²) in [6, 6.07) is 20.9. The molecule has 2 aromatic carbocycles. The number of likely N-dealkylation sites (tertiary alicyclic amines) is 1. The molecule has 3 heterocycles. The van der Waals surface area contributed by atoms with Crippen LogP contribution in [-0.2, 0) is 17.9 Å². The predicted octanol–water partition coefficient (Wildman–Crippen LogP) is 4.18. The number of hydrogen-bond acceptors (Lipinski definition) is 7. The van der Waals surface area contributed by atoms with Crippen molar-refractivity contribution in [3.63, 3.8) is 0 Å². The van der Waals surface area contributed by atoms with E-state index in [1.165, 1.54) is 0 Å². The first-order valence-electron chi connectivity index (χ1n) is 13.4. The van der Waals surface area contributed by atoms with Gasteiger partial charge < -0.3 is 10.1 Å². The normalized spacial score (nSPS) is 14.9. The Hall–Kier alpha value is -4.34. The highest BCUT2D eigenvalue weighted by Gasteiger charge is 2.38. The molecular weight excluding hydrogens is 506 g/mol. The summed E-state index contributed by atoms with van der Waals surface area (Å²) in [6.45, 7) is 4.32. The molecule has 4 aromatic rings. The van der Waals surface area contributed by atoms with E-state index in [0.717, 1.165) is 34.3 Å². The minimum Gasteiger partial charge on any atom is -0.488 e.